The zero-order chi connectivity index (χ0) is 15.5. The first kappa shape index (κ1) is 14.0. The normalized spacial score (nSPS) is 11.0. The van der Waals surface area contributed by atoms with Crippen molar-refractivity contribution in [3.05, 3.63) is 24.3 Å². The zero-order valence-corrected chi connectivity index (χ0v) is 11.6. The first-order valence-electron chi connectivity index (χ1n) is 6.62. The maximum absolute atomic E-state index is 12.0. The van der Waals surface area contributed by atoms with Crippen LogP contribution in [0.4, 0.5) is 5.82 Å². The summed E-state index contributed by atoms with van der Waals surface area (Å²) < 4.78 is 6.29. The lowest BCUT2D eigenvalue weighted by molar-refractivity contribution is -0.121. The van der Waals surface area contributed by atoms with Gasteiger partial charge >= 0.3 is 0 Å². The van der Waals surface area contributed by atoms with E-state index in [0.717, 1.165) is 5.52 Å². The summed E-state index contributed by atoms with van der Waals surface area (Å²) in [7, 11) is 0. The van der Waals surface area contributed by atoms with E-state index in [1.165, 1.54) is 0 Å². The Morgan fingerprint density at radius 1 is 1.36 bits per heavy atom. The molecule has 0 saturated carbocycles. The number of carbonyl (C=O) groups is 1. The number of nitrogen functional groups attached to an aromatic ring is 1. The highest BCUT2D eigenvalue weighted by molar-refractivity contribution is 5.85. The summed E-state index contributed by atoms with van der Waals surface area (Å²) in [6, 6.07) is 7.36. The minimum absolute atomic E-state index is 0.0160. The van der Waals surface area contributed by atoms with Crippen LogP contribution in [-0.4, -0.2) is 44.0 Å². The van der Waals surface area contributed by atoms with Crippen molar-refractivity contribution >= 4 is 22.8 Å². The van der Waals surface area contributed by atoms with Crippen molar-refractivity contribution in [1.29, 1.82) is 0 Å². The van der Waals surface area contributed by atoms with Crippen LogP contribution in [-0.2, 0) is 11.3 Å². The van der Waals surface area contributed by atoms with Crippen LogP contribution in [0, 0.1) is 0 Å². The van der Waals surface area contributed by atoms with Crippen LogP contribution in [0.3, 0.4) is 0 Å². The second-order valence-corrected chi connectivity index (χ2v) is 4.58. The molecule has 2 heterocycles. The van der Waals surface area contributed by atoms with Gasteiger partial charge in [0, 0.05) is 6.54 Å². The number of hydrogen-bond donors (Lipinski definition) is 3. The number of benzene rings is 1. The number of nitrogens with two attached hydrogens (primary N) is 1. The largest absolute Gasteiger partial charge is 0.395 e. The number of amides is 1. The van der Waals surface area contributed by atoms with Gasteiger partial charge in [0.1, 0.15) is 6.54 Å². The van der Waals surface area contributed by atoms with E-state index in [4.69, 9.17) is 10.8 Å². The van der Waals surface area contributed by atoms with E-state index in [0.29, 0.717) is 11.3 Å². The van der Waals surface area contributed by atoms with Crippen LogP contribution in [0.1, 0.15) is 0 Å². The number of anilines is 1. The van der Waals surface area contributed by atoms with Crippen molar-refractivity contribution in [1.82, 2.24) is 25.2 Å². The molecule has 9 nitrogen and oxygen atoms in total. The molecule has 3 rings (SSSR count). The Bertz CT molecular complexity index is 809. The molecule has 1 amide bonds. The molecule has 0 radical (unpaired) electrons. The smallest absolute Gasteiger partial charge is 0.240 e. The quantitative estimate of drug-likeness (QED) is 0.593. The predicted molar refractivity (Wildman–Crippen MR) is 77.5 cm³/mol. The molecule has 114 valence electrons. The molecule has 22 heavy (non-hydrogen) atoms. The van der Waals surface area contributed by atoms with Gasteiger partial charge in [-0.15, -0.1) is 0 Å². The van der Waals surface area contributed by atoms with Crippen LogP contribution in [0.5, 0.6) is 0 Å². The minimum Gasteiger partial charge on any atom is -0.395 e. The fourth-order valence-electron chi connectivity index (χ4n) is 2.16. The molecule has 9 heteroatoms. The highest BCUT2D eigenvalue weighted by Gasteiger charge is 2.20. The van der Waals surface area contributed by atoms with Crippen molar-refractivity contribution in [2.45, 2.75) is 6.54 Å². The van der Waals surface area contributed by atoms with Gasteiger partial charge in [-0.05, 0) is 22.4 Å². The molecule has 0 fully saturated rings. The summed E-state index contributed by atoms with van der Waals surface area (Å²) >= 11 is 0. The fraction of sp³-hybridized carbons (Fsp3) is 0.231. The highest BCUT2D eigenvalue weighted by atomic mass is 16.6. The third-order valence-corrected chi connectivity index (χ3v) is 3.12. The maximum Gasteiger partial charge on any atom is 0.240 e. The fourth-order valence-corrected chi connectivity index (χ4v) is 2.16. The number of rotatable bonds is 5. The molecular weight excluding hydrogens is 288 g/mol. The number of imidazole rings is 1. The van der Waals surface area contributed by atoms with E-state index in [-0.39, 0.29) is 37.1 Å². The van der Waals surface area contributed by atoms with Gasteiger partial charge < -0.3 is 20.7 Å². The summed E-state index contributed by atoms with van der Waals surface area (Å²) in [4.78, 5) is 16.4. The van der Waals surface area contributed by atoms with Gasteiger partial charge in [-0.25, -0.2) is 9.61 Å². The Morgan fingerprint density at radius 3 is 2.91 bits per heavy atom. The standard InChI is InChI=1S/C13H14N6O3/c14-12-11(17-22-18-12)13-16-8-3-1-2-4-9(8)19(13)7-10(21)15-5-6-20/h1-4,20H,5-7H2,(H2,14,18)(H,15,21). The van der Waals surface area contributed by atoms with Crippen LogP contribution in [0.2, 0.25) is 0 Å². The Kier molecular flexibility index (Phi) is 3.71. The highest BCUT2D eigenvalue weighted by Crippen LogP contribution is 2.26. The number of nitrogens with zero attached hydrogens (tertiary/aromatic N) is 4. The van der Waals surface area contributed by atoms with Crippen molar-refractivity contribution in [3.8, 4) is 11.5 Å². The zero-order valence-electron chi connectivity index (χ0n) is 11.6. The second kappa shape index (κ2) is 5.82. The molecule has 4 N–H and O–H groups in total. The molecule has 0 aliphatic carbocycles. The van der Waals surface area contributed by atoms with E-state index in [2.05, 4.69) is 25.2 Å². The van der Waals surface area contributed by atoms with Gasteiger partial charge in [0.2, 0.25) is 5.91 Å². The topological polar surface area (TPSA) is 132 Å². The lowest BCUT2D eigenvalue weighted by Crippen LogP contribution is -2.30. The molecule has 0 aliphatic rings. The molecule has 2 aromatic heterocycles. The molecule has 0 unspecified atom stereocenters. The Labute approximate surface area is 124 Å². The number of fused-ring (bicyclic) bond motifs is 1. The monoisotopic (exact) mass is 302 g/mol. The number of aliphatic hydroxyl groups excluding tert-OH is 1. The summed E-state index contributed by atoms with van der Waals surface area (Å²) in [6.07, 6.45) is 0. The lowest BCUT2D eigenvalue weighted by atomic mass is 10.3. The third-order valence-electron chi connectivity index (χ3n) is 3.12. The minimum atomic E-state index is -0.256. The summed E-state index contributed by atoms with van der Waals surface area (Å²) in [5.41, 5.74) is 7.47. The van der Waals surface area contributed by atoms with Crippen molar-refractivity contribution in [2.24, 2.45) is 0 Å². The van der Waals surface area contributed by atoms with Crippen LogP contribution in [0.15, 0.2) is 28.9 Å². The van der Waals surface area contributed by atoms with E-state index in [1.807, 2.05) is 24.3 Å². The molecule has 0 aliphatic heterocycles. The van der Waals surface area contributed by atoms with E-state index < -0.39 is 0 Å². The molecule has 0 bridgehead atoms. The molecule has 0 saturated heterocycles. The predicted octanol–water partition coefficient (Wildman–Crippen LogP) is -0.223. The summed E-state index contributed by atoms with van der Waals surface area (Å²) in [5, 5.41) is 18.7. The first-order valence-corrected chi connectivity index (χ1v) is 6.62. The van der Waals surface area contributed by atoms with E-state index in [1.54, 1.807) is 4.57 Å². The van der Waals surface area contributed by atoms with Gasteiger partial charge in [0.05, 0.1) is 17.6 Å². The van der Waals surface area contributed by atoms with Gasteiger partial charge in [-0.3, -0.25) is 4.79 Å². The van der Waals surface area contributed by atoms with E-state index in [9.17, 15) is 4.79 Å². The number of para-hydroxylation sites is 2. The Morgan fingerprint density at radius 2 is 2.18 bits per heavy atom. The first-order chi connectivity index (χ1) is 10.7. The van der Waals surface area contributed by atoms with Crippen LogP contribution in [0.25, 0.3) is 22.6 Å². The second-order valence-electron chi connectivity index (χ2n) is 4.58. The van der Waals surface area contributed by atoms with Crippen molar-refractivity contribution in [2.75, 3.05) is 18.9 Å². The lowest BCUT2D eigenvalue weighted by Gasteiger charge is -2.08. The number of hydrogen-bond acceptors (Lipinski definition) is 7. The summed E-state index contributed by atoms with van der Waals surface area (Å²) in [5.74, 6) is 0.250. The van der Waals surface area contributed by atoms with Crippen molar-refractivity contribution < 1.29 is 14.5 Å². The molecule has 0 atom stereocenters. The Hall–Kier alpha value is -2.94. The van der Waals surface area contributed by atoms with Gasteiger partial charge in [-0.1, -0.05) is 12.1 Å². The van der Waals surface area contributed by atoms with E-state index >= 15 is 0 Å². The van der Waals surface area contributed by atoms with Gasteiger partial charge in [0.15, 0.2) is 17.3 Å². The molecule has 3 aromatic rings. The Balaban J connectivity index is 2.06. The van der Waals surface area contributed by atoms with Crippen LogP contribution >= 0.6 is 0 Å². The number of aliphatic hydroxyl groups is 1. The van der Waals surface area contributed by atoms with Gasteiger partial charge in [-0.2, -0.15) is 0 Å². The van der Waals surface area contributed by atoms with Crippen molar-refractivity contribution in [3.63, 3.8) is 0 Å². The molecular formula is C13H14N6O3. The average molecular weight is 302 g/mol. The van der Waals surface area contributed by atoms with Gasteiger partial charge in [0.25, 0.3) is 0 Å². The average Bonchev–Trinajstić information content (AvgIpc) is 3.09. The number of aromatic nitrogens is 4. The number of nitrogens with one attached hydrogen (secondary N) is 1. The molecule has 0 spiro atoms. The third kappa shape index (κ3) is 2.49. The SMILES string of the molecule is Nc1nonc1-c1nc2ccccc2n1CC(=O)NCCO. The molecule has 1 aromatic carbocycles. The van der Waals surface area contributed by atoms with Crippen LogP contribution < -0.4 is 11.1 Å². The summed E-state index contributed by atoms with van der Waals surface area (Å²) in [6.45, 7) is 0.0834. The maximum atomic E-state index is 12.0. The number of carbonyl (C=O) groups excluding carboxylic acids is 1.